The molecule has 0 unspecified atom stereocenters. The van der Waals surface area contributed by atoms with E-state index in [0.717, 1.165) is 5.56 Å². The lowest BCUT2D eigenvalue weighted by atomic mass is 10.0. The summed E-state index contributed by atoms with van der Waals surface area (Å²) < 4.78 is 16.2. The summed E-state index contributed by atoms with van der Waals surface area (Å²) in [6, 6.07) is 7.68. The topological polar surface area (TPSA) is 90.5 Å². The average molecular weight is 329 g/mol. The number of hydrogen-bond donors (Lipinski definition) is 3. The highest BCUT2D eigenvalue weighted by Crippen LogP contribution is 2.42. The van der Waals surface area contributed by atoms with E-state index >= 15 is 0 Å². The van der Waals surface area contributed by atoms with Crippen LogP contribution in [0.5, 0.6) is 28.7 Å². The number of methoxy groups -OCH3 is 2. The lowest BCUT2D eigenvalue weighted by Crippen LogP contribution is -1.92. The van der Waals surface area contributed by atoms with E-state index < -0.39 is 0 Å². The Morgan fingerprint density at radius 3 is 2.08 bits per heavy atom. The van der Waals surface area contributed by atoms with Gasteiger partial charge < -0.3 is 24.8 Å². The summed E-state index contributed by atoms with van der Waals surface area (Å²) in [7, 11) is 2.89. The molecule has 6 nitrogen and oxygen atoms in total. The van der Waals surface area contributed by atoms with Crippen LogP contribution in [0.1, 0.15) is 5.56 Å². The van der Waals surface area contributed by atoms with Crippen LogP contribution in [-0.4, -0.2) is 29.5 Å². The van der Waals surface area contributed by atoms with Gasteiger partial charge in [0.25, 0.3) is 0 Å². The quantitative estimate of drug-likeness (QED) is 0.633. The number of aromatic hydroxyl groups is 3. The fourth-order valence-corrected chi connectivity index (χ4v) is 2.61. The Morgan fingerprint density at radius 2 is 1.50 bits per heavy atom. The van der Waals surface area contributed by atoms with Gasteiger partial charge >= 0.3 is 11.3 Å². The van der Waals surface area contributed by atoms with E-state index in [-0.39, 0.29) is 28.7 Å². The highest BCUT2D eigenvalue weighted by atomic mass is 16.5. The third kappa shape index (κ3) is 2.52. The second-order valence-corrected chi connectivity index (χ2v) is 5.36. The molecule has 1 aromatic heterocycles. The summed E-state index contributed by atoms with van der Waals surface area (Å²) in [5.74, 6) is 0.737. The molecule has 6 heteroatoms. The van der Waals surface area contributed by atoms with Crippen LogP contribution in [0.4, 0.5) is 0 Å². The van der Waals surface area contributed by atoms with Gasteiger partial charge in [-0.1, -0.05) is 0 Å². The average Bonchev–Trinajstić information content (AvgIpc) is 2.55. The number of aryl methyl sites for hydroxylation is 1. The molecular formula is C18H17O6+. The Kier molecular flexibility index (Phi) is 3.81. The molecule has 0 aliphatic carbocycles. The summed E-state index contributed by atoms with van der Waals surface area (Å²) in [5.41, 5.74) is 1.72. The summed E-state index contributed by atoms with van der Waals surface area (Å²) in [6.45, 7) is 1.83. The summed E-state index contributed by atoms with van der Waals surface area (Å²) in [6.07, 6.45) is 0. The molecule has 3 rings (SSSR count). The minimum atomic E-state index is -0.0996. The van der Waals surface area contributed by atoms with Crippen LogP contribution in [0.25, 0.3) is 22.3 Å². The molecule has 0 radical (unpaired) electrons. The van der Waals surface area contributed by atoms with Crippen LogP contribution in [-0.2, 0) is 0 Å². The van der Waals surface area contributed by atoms with Crippen LogP contribution >= 0.6 is 0 Å². The zero-order valence-corrected chi connectivity index (χ0v) is 13.5. The summed E-state index contributed by atoms with van der Waals surface area (Å²) in [4.78, 5) is 0. The SMILES string of the molecule is COc1cc(-c2[o+]c3cc(O)cc(O)c3cc2C)cc(OC)c1O. The number of benzene rings is 2. The van der Waals surface area contributed by atoms with Crippen molar-refractivity contribution < 1.29 is 29.2 Å². The van der Waals surface area contributed by atoms with Crippen molar-refractivity contribution in [2.45, 2.75) is 6.92 Å². The minimum absolute atomic E-state index is 0.0655. The van der Waals surface area contributed by atoms with Gasteiger partial charge in [0.2, 0.25) is 5.75 Å². The van der Waals surface area contributed by atoms with E-state index in [0.29, 0.717) is 22.3 Å². The molecule has 0 saturated heterocycles. The van der Waals surface area contributed by atoms with Crippen LogP contribution in [0.15, 0.2) is 34.7 Å². The lowest BCUT2D eigenvalue weighted by Gasteiger charge is -2.09. The Morgan fingerprint density at radius 1 is 0.875 bits per heavy atom. The first-order valence-electron chi connectivity index (χ1n) is 7.19. The molecule has 0 aliphatic rings. The molecule has 3 aromatic rings. The van der Waals surface area contributed by atoms with Crippen LogP contribution < -0.4 is 9.47 Å². The monoisotopic (exact) mass is 329 g/mol. The number of phenolic OH excluding ortho intramolecular Hbond substituents is 3. The molecule has 0 spiro atoms. The molecule has 124 valence electrons. The first kappa shape index (κ1) is 15.7. The van der Waals surface area contributed by atoms with Gasteiger partial charge in [-0.25, -0.2) is 4.42 Å². The van der Waals surface area contributed by atoms with Crippen molar-refractivity contribution in [1.82, 2.24) is 0 Å². The molecule has 0 amide bonds. The highest BCUT2D eigenvalue weighted by Gasteiger charge is 2.24. The van der Waals surface area contributed by atoms with Crippen molar-refractivity contribution in [2.24, 2.45) is 0 Å². The van der Waals surface area contributed by atoms with E-state index in [1.165, 1.54) is 26.4 Å². The molecule has 2 aromatic carbocycles. The van der Waals surface area contributed by atoms with Gasteiger partial charge in [-0.3, -0.25) is 0 Å². The molecule has 24 heavy (non-hydrogen) atoms. The van der Waals surface area contributed by atoms with Crippen molar-refractivity contribution >= 4 is 11.0 Å². The van der Waals surface area contributed by atoms with Gasteiger partial charge in [0, 0.05) is 18.2 Å². The second kappa shape index (κ2) is 5.81. The highest BCUT2D eigenvalue weighted by molar-refractivity contribution is 5.87. The van der Waals surface area contributed by atoms with Crippen molar-refractivity contribution in [3.63, 3.8) is 0 Å². The van der Waals surface area contributed by atoms with Gasteiger partial charge in [-0.05, 0) is 13.0 Å². The third-order valence-corrected chi connectivity index (χ3v) is 3.78. The van der Waals surface area contributed by atoms with Crippen LogP contribution in [0.3, 0.4) is 0 Å². The van der Waals surface area contributed by atoms with Gasteiger partial charge in [-0.15, -0.1) is 0 Å². The maximum absolute atomic E-state index is 10.0. The standard InChI is InChI=1S/C18H16O6/c1-9-4-12-13(20)7-11(19)8-14(12)24-18(9)10-5-15(22-2)17(21)16(6-10)23-3/h4-8H,1-3H3,(H2-,19,20,21)/p+1. The van der Waals surface area contributed by atoms with Crippen molar-refractivity contribution in [3.05, 3.63) is 35.9 Å². The molecule has 3 N–H and O–H groups in total. The van der Waals surface area contributed by atoms with Gasteiger partial charge in [0.15, 0.2) is 11.5 Å². The van der Waals surface area contributed by atoms with Gasteiger partial charge in [0.05, 0.1) is 31.4 Å². The molecule has 0 aliphatic heterocycles. The third-order valence-electron chi connectivity index (χ3n) is 3.78. The normalized spacial score (nSPS) is 10.8. The molecule has 0 atom stereocenters. The largest absolute Gasteiger partial charge is 0.507 e. The zero-order chi connectivity index (χ0) is 17.4. The molecule has 1 heterocycles. The number of ether oxygens (including phenoxy) is 2. The van der Waals surface area contributed by atoms with Crippen LogP contribution in [0.2, 0.25) is 0 Å². The van der Waals surface area contributed by atoms with E-state index in [2.05, 4.69) is 0 Å². The van der Waals surface area contributed by atoms with Gasteiger partial charge in [0.1, 0.15) is 16.9 Å². The number of hydrogen-bond acceptors (Lipinski definition) is 5. The van der Waals surface area contributed by atoms with Crippen molar-refractivity contribution in [3.8, 4) is 40.1 Å². The fourth-order valence-electron chi connectivity index (χ4n) is 2.61. The van der Waals surface area contributed by atoms with E-state index in [9.17, 15) is 15.3 Å². The Labute approximate surface area is 138 Å². The maximum atomic E-state index is 10.0. The first-order valence-corrected chi connectivity index (χ1v) is 7.19. The molecule has 0 fully saturated rings. The van der Waals surface area contributed by atoms with Crippen molar-refractivity contribution in [2.75, 3.05) is 14.2 Å². The minimum Gasteiger partial charge on any atom is -0.507 e. The Balaban J connectivity index is 2.28. The fraction of sp³-hybridized carbons (Fsp3) is 0.167. The lowest BCUT2D eigenvalue weighted by molar-refractivity contribution is 0.340. The second-order valence-electron chi connectivity index (χ2n) is 5.36. The molecular weight excluding hydrogens is 312 g/mol. The number of rotatable bonds is 3. The predicted octanol–water partition coefficient (Wildman–Crippen LogP) is 3.82. The van der Waals surface area contributed by atoms with Crippen LogP contribution in [0, 0.1) is 6.92 Å². The van der Waals surface area contributed by atoms with Crippen molar-refractivity contribution in [1.29, 1.82) is 0 Å². The van der Waals surface area contributed by atoms with E-state index in [1.807, 2.05) is 6.92 Å². The number of phenols is 3. The van der Waals surface area contributed by atoms with E-state index in [4.69, 9.17) is 13.9 Å². The summed E-state index contributed by atoms with van der Waals surface area (Å²) in [5, 5.41) is 30.1. The molecule has 0 saturated carbocycles. The number of fused-ring (bicyclic) bond motifs is 1. The summed E-state index contributed by atoms with van der Waals surface area (Å²) >= 11 is 0. The van der Waals surface area contributed by atoms with Gasteiger partial charge in [-0.2, -0.15) is 0 Å². The maximum Gasteiger partial charge on any atom is 0.368 e. The molecule has 0 bridgehead atoms. The predicted molar refractivity (Wildman–Crippen MR) is 88.9 cm³/mol. The van der Waals surface area contributed by atoms with E-state index in [1.54, 1.807) is 18.2 Å². The Hall–Kier alpha value is -3.15. The Bertz CT molecular complexity index is 907. The zero-order valence-electron chi connectivity index (χ0n) is 13.5. The smallest absolute Gasteiger partial charge is 0.368 e. The first-order chi connectivity index (χ1) is 11.4.